The van der Waals surface area contributed by atoms with Crippen molar-refractivity contribution < 1.29 is 4.79 Å². The van der Waals surface area contributed by atoms with Crippen LogP contribution in [0.5, 0.6) is 0 Å². The van der Waals surface area contributed by atoms with Gasteiger partial charge in [-0.15, -0.1) is 0 Å². The van der Waals surface area contributed by atoms with Crippen molar-refractivity contribution >= 4 is 23.2 Å². The molecular weight excluding hydrogens is 390 g/mol. The van der Waals surface area contributed by atoms with Crippen LogP contribution < -0.4 is 16.2 Å². The summed E-state index contributed by atoms with van der Waals surface area (Å²) in [6.07, 6.45) is 8.67. The predicted molar refractivity (Wildman–Crippen MR) is 122 cm³/mol. The summed E-state index contributed by atoms with van der Waals surface area (Å²) < 4.78 is 0. The van der Waals surface area contributed by atoms with Crippen LogP contribution in [0.4, 0.5) is 0 Å². The van der Waals surface area contributed by atoms with Crippen LogP contribution in [0.1, 0.15) is 60.0 Å². The van der Waals surface area contributed by atoms with E-state index in [4.69, 9.17) is 12.2 Å². The van der Waals surface area contributed by atoms with Crippen LogP contribution in [0.3, 0.4) is 0 Å². The van der Waals surface area contributed by atoms with E-state index in [2.05, 4.69) is 46.5 Å². The lowest BCUT2D eigenvalue weighted by Gasteiger charge is -2.57. The van der Waals surface area contributed by atoms with Gasteiger partial charge in [-0.2, -0.15) is 0 Å². The molecule has 4 nitrogen and oxygen atoms in total. The average molecular weight is 418 g/mol. The largest absolute Gasteiger partial charge is 0.356 e. The standard InChI is InChI=1S/C25H27N3OS/c29-23(21-7-3-6-20-19-5-2-1-4-18(19)11-22(20)21)27-28-24(30)26-25-12-15-8-16(13-25)10-17(9-15)14-25/h1-7,15-17H,8-14H2,(H,27,29)(H2,26,28,30). The molecule has 5 heteroatoms. The van der Waals surface area contributed by atoms with Crippen molar-refractivity contribution in [2.75, 3.05) is 0 Å². The number of nitrogens with one attached hydrogen (secondary N) is 3. The number of carbonyl (C=O) groups excluding carboxylic acids is 1. The summed E-state index contributed by atoms with van der Waals surface area (Å²) in [5.41, 5.74) is 11.5. The van der Waals surface area contributed by atoms with E-state index in [1.165, 1.54) is 49.7 Å². The Bertz CT molecular complexity index is 1010. The zero-order valence-corrected chi connectivity index (χ0v) is 17.9. The van der Waals surface area contributed by atoms with E-state index in [0.29, 0.717) is 10.7 Å². The topological polar surface area (TPSA) is 53.2 Å². The van der Waals surface area contributed by atoms with Crippen LogP contribution >= 0.6 is 12.2 Å². The second-order valence-corrected chi connectivity index (χ2v) is 10.3. The third-order valence-electron chi connectivity index (χ3n) is 7.80. The van der Waals surface area contributed by atoms with Crippen molar-refractivity contribution in [2.45, 2.75) is 50.5 Å². The first-order valence-corrected chi connectivity index (χ1v) is 11.6. The van der Waals surface area contributed by atoms with Gasteiger partial charge in [0.25, 0.3) is 5.91 Å². The van der Waals surface area contributed by atoms with E-state index in [1.807, 2.05) is 12.1 Å². The van der Waals surface area contributed by atoms with Crippen molar-refractivity contribution in [3.8, 4) is 11.1 Å². The van der Waals surface area contributed by atoms with Crippen LogP contribution in [0.2, 0.25) is 0 Å². The van der Waals surface area contributed by atoms with Crippen molar-refractivity contribution in [3.05, 3.63) is 59.2 Å². The summed E-state index contributed by atoms with van der Waals surface area (Å²) in [7, 11) is 0. The highest BCUT2D eigenvalue weighted by Gasteiger charge is 2.51. The van der Waals surface area contributed by atoms with Gasteiger partial charge in [-0.25, -0.2) is 0 Å². The molecule has 5 aliphatic carbocycles. The van der Waals surface area contributed by atoms with Crippen LogP contribution in [0.15, 0.2) is 42.5 Å². The number of rotatable bonds is 2. The molecule has 154 valence electrons. The maximum Gasteiger partial charge on any atom is 0.269 e. The fourth-order valence-electron chi connectivity index (χ4n) is 7.09. The highest BCUT2D eigenvalue weighted by atomic mass is 32.1. The molecule has 0 spiro atoms. The summed E-state index contributed by atoms with van der Waals surface area (Å²) >= 11 is 5.58. The maximum atomic E-state index is 13.0. The molecular formula is C25H27N3OS. The van der Waals surface area contributed by atoms with Crippen molar-refractivity contribution in [1.29, 1.82) is 0 Å². The number of amides is 1. The maximum absolute atomic E-state index is 13.0. The van der Waals surface area contributed by atoms with Gasteiger partial charge in [-0.1, -0.05) is 36.4 Å². The van der Waals surface area contributed by atoms with Gasteiger partial charge in [-0.05, 0) is 103 Å². The Morgan fingerprint density at radius 2 is 1.53 bits per heavy atom. The number of benzene rings is 2. The zero-order chi connectivity index (χ0) is 20.3. The molecule has 4 saturated carbocycles. The Labute approximate surface area is 182 Å². The van der Waals surface area contributed by atoms with E-state index in [1.54, 1.807) is 0 Å². The van der Waals surface area contributed by atoms with E-state index in [0.717, 1.165) is 35.3 Å². The first-order chi connectivity index (χ1) is 14.6. The van der Waals surface area contributed by atoms with Gasteiger partial charge in [0.2, 0.25) is 0 Å². The van der Waals surface area contributed by atoms with Crippen LogP contribution in [0.25, 0.3) is 11.1 Å². The fraction of sp³-hybridized carbons (Fsp3) is 0.440. The van der Waals surface area contributed by atoms with Gasteiger partial charge in [0, 0.05) is 11.1 Å². The summed E-state index contributed by atoms with van der Waals surface area (Å²) in [6, 6.07) is 14.3. The molecule has 4 bridgehead atoms. The molecule has 4 fully saturated rings. The first-order valence-electron chi connectivity index (χ1n) is 11.2. The summed E-state index contributed by atoms with van der Waals surface area (Å²) in [5, 5.41) is 4.15. The lowest BCUT2D eigenvalue weighted by atomic mass is 9.53. The van der Waals surface area contributed by atoms with Crippen molar-refractivity contribution in [3.63, 3.8) is 0 Å². The molecule has 0 heterocycles. The Hall–Kier alpha value is -2.40. The number of fused-ring (bicyclic) bond motifs is 3. The molecule has 2 aromatic carbocycles. The number of carbonyl (C=O) groups is 1. The van der Waals surface area contributed by atoms with E-state index in [-0.39, 0.29) is 11.4 Å². The summed E-state index contributed by atoms with van der Waals surface area (Å²) in [6.45, 7) is 0. The predicted octanol–water partition coefficient (Wildman–Crippen LogP) is 4.34. The Kier molecular flexibility index (Phi) is 4.17. The number of hydrogen-bond donors (Lipinski definition) is 3. The van der Waals surface area contributed by atoms with Crippen molar-refractivity contribution in [2.24, 2.45) is 17.8 Å². The quantitative estimate of drug-likeness (QED) is 0.429. The third kappa shape index (κ3) is 3.02. The van der Waals surface area contributed by atoms with Gasteiger partial charge in [0.05, 0.1) is 0 Å². The molecule has 30 heavy (non-hydrogen) atoms. The second kappa shape index (κ2) is 6.81. The molecule has 0 radical (unpaired) electrons. The normalized spacial score (nSPS) is 29.8. The van der Waals surface area contributed by atoms with Crippen LogP contribution in [0, 0.1) is 17.8 Å². The minimum Gasteiger partial charge on any atom is -0.356 e. The SMILES string of the molecule is O=C(NNC(=S)NC12CC3CC(CC(C3)C1)C2)c1cccc2c1Cc1ccccc1-2. The zero-order valence-electron chi connectivity index (χ0n) is 17.0. The number of hydrogen-bond acceptors (Lipinski definition) is 2. The molecule has 0 saturated heterocycles. The fourth-order valence-corrected chi connectivity index (χ4v) is 7.35. The smallest absolute Gasteiger partial charge is 0.269 e. The summed E-state index contributed by atoms with van der Waals surface area (Å²) in [4.78, 5) is 13.0. The molecule has 2 aromatic rings. The Morgan fingerprint density at radius 1 is 0.867 bits per heavy atom. The molecule has 3 N–H and O–H groups in total. The number of thiocarbonyl (C=S) groups is 1. The third-order valence-corrected chi connectivity index (χ3v) is 8.01. The average Bonchev–Trinajstić information content (AvgIpc) is 3.09. The molecule has 0 aromatic heterocycles. The highest BCUT2D eigenvalue weighted by molar-refractivity contribution is 7.80. The monoisotopic (exact) mass is 417 g/mol. The van der Waals surface area contributed by atoms with Crippen LogP contribution in [-0.2, 0) is 6.42 Å². The number of hydrazine groups is 1. The lowest BCUT2D eigenvalue weighted by molar-refractivity contribution is -0.0102. The highest BCUT2D eigenvalue weighted by Crippen LogP contribution is 2.55. The second-order valence-electron chi connectivity index (χ2n) is 9.90. The molecule has 0 atom stereocenters. The lowest BCUT2D eigenvalue weighted by Crippen LogP contribution is -2.62. The van der Waals surface area contributed by atoms with Gasteiger partial charge >= 0.3 is 0 Å². The minimum atomic E-state index is -0.130. The Morgan fingerprint density at radius 3 is 2.27 bits per heavy atom. The van der Waals surface area contributed by atoms with Gasteiger partial charge in [0.1, 0.15) is 0 Å². The molecule has 0 aliphatic heterocycles. The van der Waals surface area contributed by atoms with Gasteiger partial charge in [0.15, 0.2) is 5.11 Å². The Balaban J connectivity index is 1.13. The minimum absolute atomic E-state index is 0.130. The summed E-state index contributed by atoms with van der Waals surface area (Å²) in [5.74, 6) is 2.44. The van der Waals surface area contributed by atoms with Crippen LogP contribution in [-0.4, -0.2) is 16.6 Å². The molecule has 5 aliphatic rings. The molecule has 0 unspecified atom stereocenters. The molecule has 1 amide bonds. The van der Waals surface area contributed by atoms with Gasteiger partial charge in [-0.3, -0.25) is 15.6 Å². The van der Waals surface area contributed by atoms with Crippen molar-refractivity contribution in [1.82, 2.24) is 16.2 Å². The molecule has 7 rings (SSSR count). The van der Waals surface area contributed by atoms with Gasteiger partial charge < -0.3 is 5.32 Å². The van der Waals surface area contributed by atoms with E-state index >= 15 is 0 Å². The van der Waals surface area contributed by atoms with E-state index < -0.39 is 0 Å². The van der Waals surface area contributed by atoms with E-state index in [9.17, 15) is 4.79 Å². The first kappa shape index (κ1) is 18.4.